The van der Waals surface area contributed by atoms with Crippen molar-refractivity contribution in [2.75, 3.05) is 53.4 Å². The summed E-state index contributed by atoms with van der Waals surface area (Å²) in [7, 11) is 1.47. The lowest BCUT2D eigenvalue weighted by Gasteiger charge is -2.39. The Bertz CT molecular complexity index is 5040. The number of aldehydes is 1. The molecule has 0 saturated carbocycles. The molecule has 778 valence electrons. The summed E-state index contributed by atoms with van der Waals surface area (Å²) >= 11 is 0. The molecule has 0 bridgehead atoms. The Morgan fingerprint density at radius 2 is 0.532 bits per heavy atom. The van der Waals surface area contributed by atoms with Gasteiger partial charge in [-0.1, -0.05) is 84.9 Å². The molecule has 7 aliphatic rings. The molecule has 51 nitrogen and oxygen atoms in total. The molecule has 7 saturated heterocycles. The number of hydrogen-bond acceptors (Lipinski definition) is 49. The van der Waals surface area contributed by atoms with Crippen molar-refractivity contribution in [1.29, 1.82) is 0 Å². The van der Waals surface area contributed by atoms with Gasteiger partial charge in [0.05, 0.1) is 68.8 Å². The number of aromatic hydroxyl groups is 1. The fraction of sp³-hybridized carbons (Fsp3) is 0.478. The predicted molar refractivity (Wildman–Crippen MR) is 470 cm³/mol. The summed E-state index contributed by atoms with van der Waals surface area (Å²) in [4.78, 5) is 31.0. The number of nitrogens with zero attached hydrogens (tertiary/aromatic N) is 2. The summed E-state index contributed by atoms with van der Waals surface area (Å²) in [5.41, 5.74) is -0.213. The van der Waals surface area contributed by atoms with E-state index in [1.165, 1.54) is 92.0 Å². The summed E-state index contributed by atoms with van der Waals surface area (Å²) in [5, 5.41) is 300. The van der Waals surface area contributed by atoms with Gasteiger partial charge in [-0.15, -0.1) is 0 Å². The number of nitro groups is 2. The predicted octanol–water partition coefficient (Wildman–Crippen LogP) is -7.45. The van der Waals surface area contributed by atoms with Gasteiger partial charge in [0.1, 0.15) is 205 Å². The fourth-order valence-corrected chi connectivity index (χ4v) is 14.1. The van der Waals surface area contributed by atoms with E-state index in [0.29, 0.717) is 35.0 Å². The molecule has 51 heteroatoms. The molecule has 7 heterocycles. The number of fused-ring (bicyclic) bond motifs is 1. The van der Waals surface area contributed by atoms with Crippen LogP contribution < -0.4 is 37.9 Å². The number of phenolic OH excluding ortho intramolecular Hbond substituents is 1. The number of aliphatic hydroxyl groups is 28. The van der Waals surface area contributed by atoms with E-state index >= 15 is 0 Å². The maximum absolute atomic E-state index is 10.9. The molecule has 141 heavy (non-hydrogen) atoms. The van der Waals surface area contributed by atoms with Gasteiger partial charge in [-0.25, -0.2) is 0 Å². The minimum atomic E-state index is -1.62. The molecule has 0 spiro atoms. The topological polar surface area (TPSA) is 828 Å². The molecule has 15 rings (SSSR count). The summed E-state index contributed by atoms with van der Waals surface area (Å²) in [5.74, 6) is 2.22. The van der Waals surface area contributed by atoms with Gasteiger partial charge >= 0.3 is 5.69 Å². The first-order chi connectivity index (χ1) is 67.3. The van der Waals surface area contributed by atoms with Crippen LogP contribution in [0.4, 0.5) is 11.4 Å². The average Bonchev–Trinajstić information content (AvgIpc) is 0.844. The molecule has 7 aliphatic heterocycles. The SMILES string of the molecule is COc1ccccc1O[C@@H]1O[C@H](CO)[C@@H](O)[C@H](O)[C@H]1O.O=Cc1ccccc1O[C@@H]1O[C@H](CO)[C@@H](O)[C@H](O)[C@H]1O.O=[N+]([O-])c1ccc(O[C@@H]2O[C@H](CO)[C@@H](O)[C@H](O)[C@H]2O)cc1.O=[N+]([O-])c1ccccc1O[C@@H]1O[C@H](CO)[C@@H](O)[C@H](O)[C@H]1O.OC[C@H]1O[C@@H](Oc2ccc(O)cc2)[C@H](O)[C@@H](O)[C@@H]1O.OC[C@H]1O[C@@H](Oc2ccc3ccccc3c2)[C@H](O)[C@@H](O)[C@@H]1O.OC[C@H]1O[C@@H](Oc2ccccc2)[C@H](O)[C@@H](O)[C@@H]1O. The van der Waals surface area contributed by atoms with Crippen molar-refractivity contribution in [2.24, 2.45) is 0 Å². The van der Waals surface area contributed by atoms with Gasteiger partial charge in [-0.3, -0.25) is 25.0 Å². The molecular formula is C90H114N2O49. The van der Waals surface area contributed by atoms with Crippen molar-refractivity contribution in [3.63, 3.8) is 0 Å². The summed E-state index contributed by atoms with van der Waals surface area (Å²) < 4.78 is 79.0. The highest BCUT2D eigenvalue weighted by Gasteiger charge is 2.52. The molecule has 0 aliphatic carbocycles. The third-order valence-corrected chi connectivity index (χ3v) is 22.2. The standard InChI is InChI=1S/C16H18O6.C13H18O7.C13H16O7.2C12H15NO8.C12H16O7.C12H16O6/c17-8-12-13(18)14(19)15(20)16(22-12)21-11-6-5-9-3-1-2-4-10(9)7-11;1-18-7-4-2-3-5-8(7)19-13-12(17)11(16)10(15)9(6-14)20-13;14-5-7-3-1-2-4-8(7)19-13-12(18)11(17)10(16)9(6-15)20-13;14-5-8-9(15)10(16)11(17)12(21-8)20-7-3-1-6(2-4-7)13(18)19;14-5-8-9(15)10(16)11(17)12(21-8)20-7-4-2-1-3-6(7)13(18)19;13-5-8-9(15)10(16)11(17)12(19-8)18-7-3-1-6(14)2-4-7;13-6-8-9(14)10(15)11(16)12(18-8)17-7-4-2-1-3-5-7/h1-7,12-20H,8H2;2-5,9-17H,6H2,1H3;1-5,9-13,15-18H,6H2;2*1-4,8-12,14-17H,5H2;1-4,8-17H,5H2;1-5,8-16H,6H2/t12-,13-,14+,15-,16-;2*9-,10-,11+,12-,13-;4*8-,9-,10+,11-,12-/m1111111/s1. The van der Waals surface area contributed by atoms with Crippen LogP contribution in [0.1, 0.15) is 10.4 Å². The van der Waals surface area contributed by atoms with Crippen molar-refractivity contribution in [1.82, 2.24) is 0 Å². The van der Waals surface area contributed by atoms with E-state index < -0.39 is 271 Å². The van der Waals surface area contributed by atoms with Crippen LogP contribution in [0, 0.1) is 20.2 Å². The number of ether oxygens (including phenoxy) is 15. The quantitative estimate of drug-likeness (QED) is 0.0144. The molecular weight excluding hydrogens is 1890 g/mol. The molecule has 8 aromatic rings. The maximum atomic E-state index is 10.9. The Hall–Kier alpha value is -10.7. The van der Waals surface area contributed by atoms with Crippen LogP contribution in [0.5, 0.6) is 51.7 Å². The van der Waals surface area contributed by atoms with Crippen LogP contribution in [0.15, 0.2) is 194 Å². The van der Waals surface area contributed by atoms with Gasteiger partial charge in [0, 0.05) is 18.2 Å². The van der Waals surface area contributed by atoms with Crippen molar-refractivity contribution >= 4 is 28.4 Å². The lowest BCUT2D eigenvalue weighted by atomic mass is 9.99. The molecule has 29 N–H and O–H groups in total. The summed E-state index contributed by atoms with van der Waals surface area (Å²) in [6, 6.07) is 50.9. The van der Waals surface area contributed by atoms with Gasteiger partial charge in [-0.05, 0) is 102 Å². The monoisotopic (exact) mass is 2010 g/mol. The van der Waals surface area contributed by atoms with Gasteiger partial charge < -0.3 is 219 Å². The number of non-ortho nitro benzene ring substituents is 1. The number of methoxy groups -OCH3 is 1. The first kappa shape index (κ1) is 114. The number of benzene rings is 8. The first-order valence-corrected chi connectivity index (χ1v) is 43.1. The minimum absolute atomic E-state index is 0.0566. The zero-order chi connectivity index (χ0) is 103. The average molecular weight is 2010 g/mol. The van der Waals surface area contributed by atoms with Crippen LogP contribution in [0.25, 0.3) is 10.8 Å². The highest BCUT2D eigenvalue weighted by Crippen LogP contribution is 2.37. The van der Waals surface area contributed by atoms with Gasteiger partial charge in [0.25, 0.3) is 5.69 Å². The molecule has 35 atom stereocenters. The van der Waals surface area contributed by atoms with E-state index in [1.807, 2.05) is 30.3 Å². The molecule has 7 fully saturated rings. The molecule has 0 aromatic heterocycles. The Morgan fingerprint density at radius 1 is 0.270 bits per heavy atom. The van der Waals surface area contributed by atoms with Crippen molar-refractivity contribution in [3.05, 3.63) is 220 Å². The number of nitro benzene ring substituents is 2. The van der Waals surface area contributed by atoms with E-state index in [9.17, 15) is 132 Å². The van der Waals surface area contributed by atoms with Crippen molar-refractivity contribution in [3.8, 4) is 51.7 Å². The summed E-state index contributed by atoms with van der Waals surface area (Å²) in [6.45, 7) is -3.69. The molecule has 0 unspecified atom stereocenters. The Labute approximate surface area is 799 Å². The number of carbonyl (C=O) groups is 1. The second kappa shape index (κ2) is 54.7. The van der Waals surface area contributed by atoms with Gasteiger partial charge in [0.2, 0.25) is 44.0 Å². The molecule has 8 aromatic carbocycles. The zero-order valence-electron chi connectivity index (χ0n) is 74.2. The third-order valence-electron chi connectivity index (χ3n) is 22.2. The summed E-state index contributed by atoms with van der Waals surface area (Å²) in [6.07, 6.45) is -46.4. The van der Waals surface area contributed by atoms with E-state index in [2.05, 4.69) is 0 Å². The van der Waals surface area contributed by atoms with Crippen LogP contribution in [-0.4, -0.2) is 433 Å². The Balaban J connectivity index is 0.000000184. The number of rotatable bonds is 25. The first-order valence-electron chi connectivity index (χ1n) is 43.1. The molecule has 0 radical (unpaired) electrons. The maximum Gasteiger partial charge on any atom is 0.311 e. The highest BCUT2D eigenvalue weighted by atomic mass is 16.8. The van der Waals surface area contributed by atoms with Gasteiger partial charge in [0.15, 0.2) is 23.5 Å². The van der Waals surface area contributed by atoms with Crippen LogP contribution in [-0.2, 0) is 33.2 Å². The molecule has 0 amide bonds. The van der Waals surface area contributed by atoms with Gasteiger partial charge in [-0.2, -0.15) is 0 Å². The van der Waals surface area contributed by atoms with Crippen molar-refractivity contribution in [2.45, 2.75) is 215 Å². The van der Waals surface area contributed by atoms with E-state index in [4.69, 9.17) is 112 Å². The lowest BCUT2D eigenvalue weighted by Crippen LogP contribution is -2.60. The smallest absolute Gasteiger partial charge is 0.311 e. The van der Waals surface area contributed by atoms with E-state index in [-0.39, 0.29) is 39.9 Å². The number of aliphatic hydroxyl groups excluding tert-OH is 28. The second-order valence-electron chi connectivity index (χ2n) is 31.8. The number of hydrogen-bond donors (Lipinski definition) is 29. The van der Waals surface area contributed by atoms with Crippen LogP contribution in [0.2, 0.25) is 0 Å². The van der Waals surface area contributed by atoms with Crippen LogP contribution in [0.3, 0.4) is 0 Å². The Morgan fingerprint density at radius 3 is 0.865 bits per heavy atom. The number of phenols is 1. The minimum Gasteiger partial charge on any atom is -0.508 e. The third kappa shape index (κ3) is 30.0. The van der Waals surface area contributed by atoms with Crippen molar-refractivity contribution < 1.29 is 234 Å². The van der Waals surface area contributed by atoms with E-state index in [1.54, 1.807) is 78.9 Å². The fourth-order valence-electron chi connectivity index (χ4n) is 14.1. The number of carbonyl (C=O) groups excluding carboxylic acids is 1. The number of para-hydroxylation sites is 6. The lowest BCUT2D eigenvalue weighted by molar-refractivity contribution is -0.387. The zero-order valence-corrected chi connectivity index (χ0v) is 74.2. The second-order valence-corrected chi connectivity index (χ2v) is 31.8. The van der Waals surface area contributed by atoms with Crippen LogP contribution >= 0.6 is 0 Å². The largest absolute Gasteiger partial charge is 0.508 e. The van der Waals surface area contributed by atoms with E-state index in [0.717, 1.165) is 10.8 Å². The highest BCUT2D eigenvalue weighted by molar-refractivity contribution is 5.83. The normalized spacial score (nSPS) is 33.7. The Kier molecular flexibility index (Phi) is 44.2.